The molecular weight excluding hydrogens is 207 g/mol. The Bertz CT molecular complexity index is 523. The average molecular weight is 212 g/mol. The first-order chi connectivity index (χ1) is 6.59. The van der Waals surface area contributed by atoms with E-state index in [1.165, 1.54) is 6.07 Å². The van der Waals surface area contributed by atoms with Gasteiger partial charge in [0.25, 0.3) is 0 Å². The molecule has 0 spiro atoms. The van der Waals surface area contributed by atoms with Gasteiger partial charge in [-0.05, 0) is 12.1 Å². The topological polar surface area (TPSA) is 76.2 Å². The molecule has 0 aliphatic heterocycles. The predicted octanol–water partition coefficient (Wildman–Crippen LogP) is 1.72. The van der Waals surface area contributed by atoms with Crippen molar-refractivity contribution in [2.45, 2.75) is 0 Å². The van der Waals surface area contributed by atoms with Gasteiger partial charge < -0.3 is 10.8 Å². The van der Waals surface area contributed by atoms with E-state index in [2.05, 4.69) is 4.98 Å². The van der Waals surface area contributed by atoms with Crippen LogP contribution in [-0.2, 0) is 0 Å². The van der Waals surface area contributed by atoms with Crippen molar-refractivity contribution in [1.82, 2.24) is 4.98 Å². The molecule has 0 aliphatic rings. The summed E-state index contributed by atoms with van der Waals surface area (Å²) in [7, 11) is 0. The Labute approximate surface area is 81.8 Å². The zero-order chi connectivity index (χ0) is 10.3. The molecule has 0 atom stereocenters. The number of carboxylic acid groups (broad SMARTS) is 1. The van der Waals surface area contributed by atoms with Gasteiger partial charge in [-0.1, -0.05) is 0 Å². The second-order valence-electron chi connectivity index (χ2n) is 2.64. The highest BCUT2D eigenvalue weighted by atomic mass is 32.1. The number of thiophene rings is 1. The van der Waals surface area contributed by atoms with E-state index >= 15 is 0 Å². The molecular formula is C8H5FN2O2S. The number of anilines is 1. The summed E-state index contributed by atoms with van der Waals surface area (Å²) < 4.78 is 12.7. The molecule has 2 aromatic heterocycles. The molecule has 2 heterocycles. The third-order valence-corrected chi connectivity index (χ3v) is 2.86. The van der Waals surface area contributed by atoms with E-state index in [-0.39, 0.29) is 10.6 Å². The van der Waals surface area contributed by atoms with Crippen LogP contribution in [0.5, 0.6) is 0 Å². The molecule has 72 valence electrons. The van der Waals surface area contributed by atoms with Gasteiger partial charge in [0, 0.05) is 5.39 Å². The summed E-state index contributed by atoms with van der Waals surface area (Å²) in [6, 6.07) is 2.58. The number of hydrogen-bond donors (Lipinski definition) is 2. The van der Waals surface area contributed by atoms with Crippen LogP contribution in [0, 0.1) is 5.95 Å². The lowest BCUT2D eigenvalue weighted by molar-refractivity contribution is 0.0703. The maximum atomic E-state index is 12.7. The number of pyridine rings is 1. The van der Waals surface area contributed by atoms with Crippen LogP contribution in [0.4, 0.5) is 10.1 Å². The monoisotopic (exact) mass is 212 g/mol. The van der Waals surface area contributed by atoms with E-state index < -0.39 is 11.9 Å². The highest BCUT2D eigenvalue weighted by Crippen LogP contribution is 2.32. The largest absolute Gasteiger partial charge is 0.477 e. The summed E-state index contributed by atoms with van der Waals surface area (Å²) in [5.41, 5.74) is 5.70. The fourth-order valence-electron chi connectivity index (χ4n) is 1.13. The summed E-state index contributed by atoms with van der Waals surface area (Å²) >= 11 is 0.871. The molecule has 0 amide bonds. The van der Waals surface area contributed by atoms with Crippen molar-refractivity contribution in [3.05, 3.63) is 23.0 Å². The highest BCUT2D eigenvalue weighted by molar-refractivity contribution is 7.21. The van der Waals surface area contributed by atoms with Gasteiger partial charge in [0.2, 0.25) is 5.95 Å². The van der Waals surface area contributed by atoms with Crippen LogP contribution in [0.1, 0.15) is 9.67 Å². The quantitative estimate of drug-likeness (QED) is 0.705. The molecule has 0 aliphatic carbocycles. The molecule has 0 bridgehead atoms. The number of fused-ring (bicyclic) bond motifs is 1. The minimum Gasteiger partial charge on any atom is -0.477 e. The molecule has 3 N–H and O–H groups in total. The normalized spacial score (nSPS) is 10.6. The van der Waals surface area contributed by atoms with Gasteiger partial charge in [0.15, 0.2) is 0 Å². The number of aromatic nitrogens is 1. The van der Waals surface area contributed by atoms with Crippen LogP contribution in [0.2, 0.25) is 0 Å². The van der Waals surface area contributed by atoms with Crippen molar-refractivity contribution in [1.29, 1.82) is 0 Å². The molecule has 2 aromatic rings. The molecule has 0 fully saturated rings. The Hall–Kier alpha value is -1.69. The van der Waals surface area contributed by atoms with Crippen LogP contribution >= 0.6 is 11.3 Å². The van der Waals surface area contributed by atoms with Gasteiger partial charge in [0.05, 0.1) is 5.69 Å². The second kappa shape index (κ2) is 2.91. The van der Waals surface area contributed by atoms with Crippen LogP contribution in [0.3, 0.4) is 0 Å². The van der Waals surface area contributed by atoms with E-state index in [1.807, 2.05) is 0 Å². The third-order valence-electron chi connectivity index (χ3n) is 1.75. The van der Waals surface area contributed by atoms with Crippen molar-refractivity contribution in [3.63, 3.8) is 0 Å². The molecule has 0 saturated heterocycles. The summed E-state index contributed by atoms with van der Waals surface area (Å²) in [5.74, 6) is -1.76. The van der Waals surface area contributed by atoms with Crippen molar-refractivity contribution in [2.75, 3.05) is 5.73 Å². The maximum Gasteiger partial charge on any atom is 0.348 e. The van der Waals surface area contributed by atoms with E-state index in [0.717, 1.165) is 17.4 Å². The molecule has 0 unspecified atom stereocenters. The van der Waals surface area contributed by atoms with Gasteiger partial charge in [-0.2, -0.15) is 4.39 Å². The number of nitrogens with zero attached hydrogens (tertiary/aromatic N) is 1. The molecule has 2 rings (SSSR count). The Balaban J connectivity index is 2.79. The number of carbonyl (C=O) groups is 1. The Morgan fingerprint density at radius 3 is 2.93 bits per heavy atom. The summed E-state index contributed by atoms with van der Waals surface area (Å²) in [6.45, 7) is 0. The SMILES string of the molecule is Nc1c(C(=O)O)sc2nc(F)ccc12. The van der Waals surface area contributed by atoms with E-state index in [4.69, 9.17) is 10.8 Å². The Morgan fingerprint density at radius 1 is 1.57 bits per heavy atom. The molecule has 6 heteroatoms. The van der Waals surface area contributed by atoms with Gasteiger partial charge in [-0.15, -0.1) is 11.3 Å². The summed E-state index contributed by atoms with van der Waals surface area (Å²) in [6.07, 6.45) is 0. The molecule has 0 saturated carbocycles. The highest BCUT2D eigenvalue weighted by Gasteiger charge is 2.16. The number of aromatic carboxylic acids is 1. The van der Waals surface area contributed by atoms with Crippen LogP contribution in [0.25, 0.3) is 10.2 Å². The lowest BCUT2D eigenvalue weighted by atomic mass is 10.3. The van der Waals surface area contributed by atoms with Crippen molar-refractivity contribution in [3.8, 4) is 0 Å². The van der Waals surface area contributed by atoms with Crippen molar-refractivity contribution >= 4 is 33.2 Å². The lowest BCUT2D eigenvalue weighted by Gasteiger charge is -1.91. The fourth-order valence-corrected chi connectivity index (χ4v) is 2.05. The smallest absolute Gasteiger partial charge is 0.348 e. The molecule has 14 heavy (non-hydrogen) atoms. The fraction of sp³-hybridized carbons (Fsp3) is 0. The number of nitrogens with two attached hydrogens (primary N) is 1. The first kappa shape index (κ1) is 8.89. The first-order valence-electron chi connectivity index (χ1n) is 3.67. The third kappa shape index (κ3) is 1.20. The number of carboxylic acids is 1. The van der Waals surface area contributed by atoms with E-state index in [1.54, 1.807) is 0 Å². The van der Waals surface area contributed by atoms with Crippen LogP contribution in [-0.4, -0.2) is 16.1 Å². The zero-order valence-corrected chi connectivity index (χ0v) is 7.64. The van der Waals surface area contributed by atoms with E-state index in [9.17, 15) is 9.18 Å². The minimum atomic E-state index is -1.12. The van der Waals surface area contributed by atoms with Gasteiger partial charge in [0.1, 0.15) is 9.71 Å². The van der Waals surface area contributed by atoms with Gasteiger partial charge in [-0.3, -0.25) is 0 Å². The van der Waals surface area contributed by atoms with Crippen molar-refractivity contribution in [2.24, 2.45) is 0 Å². The van der Waals surface area contributed by atoms with Gasteiger partial charge >= 0.3 is 5.97 Å². The summed E-state index contributed by atoms with van der Waals surface area (Å²) in [4.78, 5) is 14.5. The molecule has 0 aromatic carbocycles. The number of halogens is 1. The lowest BCUT2D eigenvalue weighted by Crippen LogP contribution is -1.96. The Kier molecular flexibility index (Phi) is 1.85. The molecule has 0 radical (unpaired) electrons. The van der Waals surface area contributed by atoms with Crippen LogP contribution in [0.15, 0.2) is 12.1 Å². The molecule has 4 nitrogen and oxygen atoms in total. The minimum absolute atomic E-state index is 0.00176. The van der Waals surface area contributed by atoms with Gasteiger partial charge in [-0.25, -0.2) is 9.78 Å². The predicted molar refractivity (Wildman–Crippen MR) is 50.9 cm³/mol. The number of nitrogen functional groups attached to an aromatic ring is 1. The standard InChI is InChI=1S/C8H5FN2O2S/c9-4-2-1-3-5(10)6(8(12)13)14-7(3)11-4/h1-2H,10H2,(H,12,13). The second-order valence-corrected chi connectivity index (χ2v) is 3.64. The van der Waals surface area contributed by atoms with E-state index in [0.29, 0.717) is 10.2 Å². The zero-order valence-electron chi connectivity index (χ0n) is 6.82. The van der Waals surface area contributed by atoms with Crippen LogP contribution < -0.4 is 5.73 Å². The average Bonchev–Trinajstić information content (AvgIpc) is 2.43. The number of rotatable bonds is 1. The van der Waals surface area contributed by atoms with Crippen molar-refractivity contribution < 1.29 is 14.3 Å². The maximum absolute atomic E-state index is 12.7. The number of hydrogen-bond acceptors (Lipinski definition) is 4. The first-order valence-corrected chi connectivity index (χ1v) is 4.49. The summed E-state index contributed by atoms with van der Waals surface area (Å²) in [5, 5.41) is 9.23. The Morgan fingerprint density at radius 2 is 2.29 bits per heavy atom.